The number of carbonyl (C=O) groups excluding carboxylic acids is 2. The van der Waals surface area contributed by atoms with Crippen molar-refractivity contribution >= 4 is 11.9 Å². The summed E-state index contributed by atoms with van der Waals surface area (Å²) in [6.45, 7) is 6.73. The Kier molecular flexibility index (Phi) is 13.4. The Morgan fingerprint density at radius 3 is 2.26 bits per heavy atom. The molecule has 35 heavy (non-hydrogen) atoms. The van der Waals surface area contributed by atoms with Gasteiger partial charge in [-0.25, -0.2) is 0 Å². The zero-order chi connectivity index (χ0) is 25.3. The lowest BCUT2D eigenvalue weighted by atomic mass is 10.0. The number of hydrogen-bond acceptors (Lipinski definition) is 5. The van der Waals surface area contributed by atoms with E-state index >= 15 is 0 Å². The van der Waals surface area contributed by atoms with E-state index in [0.29, 0.717) is 38.9 Å². The van der Waals surface area contributed by atoms with Crippen molar-refractivity contribution in [3.63, 3.8) is 0 Å². The van der Waals surface area contributed by atoms with E-state index in [1.54, 1.807) is 13.1 Å². The summed E-state index contributed by atoms with van der Waals surface area (Å²) < 4.78 is 11.5. The van der Waals surface area contributed by atoms with Gasteiger partial charge < -0.3 is 20.1 Å². The quantitative estimate of drug-likeness (QED) is 0.256. The molecule has 2 N–H and O–H groups in total. The van der Waals surface area contributed by atoms with E-state index in [1.807, 2.05) is 60.7 Å². The van der Waals surface area contributed by atoms with Gasteiger partial charge in [-0.1, -0.05) is 80.1 Å². The standard InChI is InChI=1S/C29H40N2O4/c1-4-13-26(35-29(33)27(30-3)20-23-14-8-6-9-15-23)18-12-19-28(32)31-25(5-2)22-34-21-24-16-10-7-11-17-24/h5-11,14-17,25-27,30H,2,4,12-13,18-22H2,1,3H3,(H,31,32)/t25-,26+,27+/m1/s1. The highest BCUT2D eigenvalue weighted by Gasteiger charge is 2.22. The van der Waals surface area contributed by atoms with Gasteiger partial charge in [-0.2, -0.15) is 0 Å². The number of hydrogen-bond donors (Lipinski definition) is 2. The minimum atomic E-state index is -0.399. The Morgan fingerprint density at radius 2 is 1.66 bits per heavy atom. The maximum atomic E-state index is 12.8. The van der Waals surface area contributed by atoms with Crippen molar-refractivity contribution in [2.45, 2.75) is 70.2 Å². The first-order valence-corrected chi connectivity index (χ1v) is 12.5. The Bertz CT molecular complexity index is 873. The number of rotatable bonds is 17. The highest BCUT2D eigenvalue weighted by Crippen LogP contribution is 2.14. The molecule has 190 valence electrons. The molecule has 0 heterocycles. The number of likely N-dealkylation sites (N-methyl/N-ethyl adjacent to an activating group) is 1. The summed E-state index contributed by atoms with van der Waals surface area (Å²) in [5.41, 5.74) is 2.17. The molecule has 0 aromatic heterocycles. The first kappa shape index (κ1) is 28.3. The molecule has 0 aliphatic carbocycles. The van der Waals surface area contributed by atoms with Crippen LogP contribution in [0.4, 0.5) is 0 Å². The zero-order valence-corrected chi connectivity index (χ0v) is 21.1. The smallest absolute Gasteiger partial charge is 0.323 e. The van der Waals surface area contributed by atoms with Crippen molar-refractivity contribution in [3.05, 3.63) is 84.4 Å². The number of nitrogens with one attached hydrogen (secondary N) is 2. The third-order valence-electron chi connectivity index (χ3n) is 5.78. The molecule has 2 aromatic carbocycles. The Labute approximate surface area is 210 Å². The second-order valence-corrected chi connectivity index (χ2v) is 8.68. The van der Waals surface area contributed by atoms with Crippen LogP contribution in [0.1, 0.15) is 50.2 Å². The van der Waals surface area contributed by atoms with Crippen LogP contribution in [0.25, 0.3) is 0 Å². The van der Waals surface area contributed by atoms with Crippen LogP contribution in [-0.2, 0) is 32.1 Å². The normalized spacial score (nSPS) is 13.4. The van der Waals surface area contributed by atoms with E-state index in [2.05, 4.69) is 24.1 Å². The van der Waals surface area contributed by atoms with Crippen LogP contribution < -0.4 is 10.6 Å². The van der Waals surface area contributed by atoms with Gasteiger partial charge in [0.05, 0.1) is 19.3 Å². The number of amides is 1. The van der Waals surface area contributed by atoms with Crippen molar-refractivity contribution in [1.29, 1.82) is 0 Å². The van der Waals surface area contributed by atoms with Crippen LogP contribution in [0.5, 0.6) is 0 Å². The Balaban J connectivity index is 1.73. The lowest BCUT2D eigenvalue weighted by molar-refractivity contribution is -0.152. The fourth-order valence-electron chi connectivity index (χ4n) is 3.80. The molecule has 0 fully saturated rings. The fourth-order valence-corrected chi connectivity index (χ4v) is 3.80. The van der Waals surface area contributed by atoms with Crippen molar-refractivity contribution in [3.8, 4) is 0 Å². The van der Waals surface area contributed by atoms with Crippen molar-refractivity contribution < 1.29 is 19.1 Å². The Morgan fingerprint density at radius 1 is 1.00 bits per heavy atom. The molecule has 0 radical (unpaired) electrons. The molecule has 0 aliphatic rings. The third kappa shape index (κ3) is 11.3. The van der Waals surface area contributed by atoms with E-state index in [-0.39, 0.29) is 24.0 Å². The molecule has 6 heteroatoms. The van der Waals surface area contributed by atoms with Crippen LogP contribution >= 0.6 is 0 Å². The summed E-state index contributed by atoms with van der Waals surface area (Å²) in [6, 6.07) is 19.1. The highest BCUT2D eigenvalue weighted by molar-refractivity contribution is 5.77. The average molecular weight is 481 g/mol. The molecule has 3 atom stereocenters. The van der Waals surface area contributed by atoms with Crippen molar-refractivity contribution in [2.75, 3.05) is 13.7 Å². The van der Waals surface area contributed by atoms with Crippen LogP contribution in [0.15, 0.2) is 73.3 Å². The first-order chi connectivity index (χ1) is 17.0. The molecular formula is C29H40N2O4. The maximum absolute atomic E-state index is 12.8. The molecule has 0 unspecified atom stereocenters. The molecule has 0 spiro atoms. The predicted molar refractivity (Wildman–Crippen MR) is 140 cm³/mol. The number of ether oxygens (including phenoxy) is 2. The van der Waals surface area contributed by atoms with Gasteiger partial charge in [0.1, 0.15) is 12.1 Å². The van der Waals surface area contributed by atoms with Crippen molar-refractivity contribution in [1.82, 2.24) is 10.6 Å². The second-order valence-electron chi connectivity index (χ2n) is 8.68. The van der Waals surface area contributed by atoms with Gasteiger partial charge in [0.15, 0.2) is 0 Å². The number of benzene rings is 2. The summed E-state index contributed by atoms with van der Waals surface area (Å²) in [6.07, 6.45) is 5.40. The minimum Gasteiger partial charge on any atom is -0.461 e. The van der Waals surface area contributed by atoms with Gasteiger partial charge in [0, 0.05) is 6.42 Å². The molecule has 0 saturated carbocycles. The van der Waals surface area contributed by atoms with E-state index < -0.39 is 6.04 Å². The summed E-state index contributed by atoms with van der Waals surface area (Å²) in [4.78, 5) is 25.2. The summed E-state index contributed by atoms with van der Waals surface area (Å²) in [5.74, 6) is -0.307. The van der Waals surface area contributed by atoms with Gasteiger partial charge >= 0.3 is 5.97 Å². The van der Waals surface area contributed by atoms with Crippen LogP contribution in [-0.4, -0.2) is 43.7 Å². The molecule has 0 saturated heterocycles. The minimum absolute atomic E-state index is 0.0584. The second kappa shape index (κ2) is 16.6. The third-order valence-corrected chi connectivity index (χ3v) is 5.78. The summed E-state index contributed by atoms with van der Waals surface area (Å²) >= 11 is 0. The average Bonchev–Trinajstić information content (AvgIpc) is 2.88. The van der Waals surface area contributed by atoms with E-state index in [0.717, 1.165) is 24.0 Å². The molecule has 2 aromatic rings. The monoisotopic (exact) mass is 480 g/mol. The zero-order valence-electron chi connectivity index (χ0n) is 21.1. The van der Waals surface area contributed by atoms with E-state index in [9.17, 15) is 9.59 Å². The summed E-state index contributed by atoms with van der Waals surface area (Å²) in [7, 11) is 1.77. The van der Waals surface area contributed by atoms with Gasteiger partial charge in [0.25, 0.3) is 0 Å². The Hall–Kier alpha value is -2.96. The fraction of sp³-hybridized carbons (Fsp3) is 0.448. The predicted octanol–water partition coefficient (Wildman–Crippen LogP) is 4.59. The van der Waals surface area contributed by atoms with Gasteiger partial charge in [-0.05, 0) is 43.9 Å². The van der Waals surface area contributed by atoms with Crippen LogP contribution in [0, 0.1) is 0 Å². The van der Waals surface area contributed by atoms with E-state index in [1.165, 1.54) is 0 Å². The molecule has 0 aliphatic heterocycles. The SMILES string of the molecule is C=C[C@H](COCc1ccccc1)NC(=O)CCC[C@H](CCC)OC(=O)[C@H](Cc1ccccc1)NC. The van der Waals surface area contributed by atoms with Gasteiger partial charge in [-0.3, -0.25) is 9.59 Å². The lowest BCUT2D eigenvalue weighted by Gasteiger charge is -2.22. The van der Waals surface area contributed by atoms with Gasteiger partial charge in [-0.15, -0.1) is 6.58 Å². The van der Waals surface area contributed by atoms with Gasteiger partial charge in [0.2, 0.25) is 5.91 Å². The number of carbonyl (C=O) groups is 2. The highest BCUT2D eigenvalue weighted by atomic mass is 16.5. The molecule has 2 rings (SSSR count). The van der Waals surface area contributed by atoms with Crippen molar-refractivity contribution in [2.24, 2.45) is 0 Å². The summed E-state index contributed by atoms with van der Waals surface area (Å²) in [5, 5.41) is 6.02. The van der Waals surface area contributed by atoms with E-state index in [4.69, 9.17) is 9.47 Å². The molecule has 0 bridgehead atoms. The lowest BCUT2D eigenvalue weighted by Crippen LogP contribution is -2.39. The molecular weight excluding hydrogens is 440 g/mol. The largest absolute Gasteiger partial charge is 0.461 e. The molecule has 1 amide bonds. The number of esters is 1. The topological polar surface area (TPSA) is 76.7 Å². The van der Waals surface area contributed by atoms with Crippen LogP contribution in [0.2, 0.25) is 0 Å². The maximum Gasteiger partial charge on any atom is 0.323 e. The van der Waals surface area contributed by atoms with Crippen LogP contribution in [0.3, 0.4) is 0 Å². The first-order valence-electron chi connectivity index (χ1n) is 12.5. The molecule has 6 nitrogen and oxygen atoms in total.